The highest BCUT2D eigenvalue weighted by Gasteiger charge is 2.13. The zero-order chi connectivity index (χ0) is 16.6. The maximum absolute atomic E-state index is 12.1. The molecule has 24 heavy (non-hydrogen) atoms. The molecular formula is C17H22N4O3. The number of carbonyl (C=O) groups is 1. The van der Waals surface area contributed by atoms with Crippen molar-refractivity contribution in [3.63, 3.8) is 0 Å². The Hall–Kier alpha value is -2.25. The molecule has 0 unspecified atom stereocenters. The van der Waals surface area contributed by atoms with Crippen molar-refractivity contribution in [2.45, 2.75) is 12.8 Å². The number of nitrogens with zero attached hydrogens (tertiary/aromatic N) is 3. The van der Waals surface area contributed by atoms with Crippen LogP contribution in [0.15, 0.2) is 35.1 Å². The fraction of sp³-hybridized carbons (Fsp3) is 0.471. The molecule has 0 spiro atoms. The number of amides is 1. The molecular weight excluding hydrogens is 308 g/mol. The Morgan fingerprint density at radius 3 is 2.96 bits per heavy atom. The normalized spacial score (nSPS) is 15.3. The summed E-state index contributed by atoms with van der Waals surface area (Å²) in [4.78, 5) is 18.5. The van der Waals surface area contributed by atoms with Crippen LogP contribution < -0.4 is 5.32 Å². The molecule has 0 aromatic carbocycles. The van der Waals surface area contributed by atoms with Gasteiger partial charge in [-0.1, -0.05) is 5.16 Å². The van der Waals surface area contributed by atoms with Gasteiger partial charge < -0.3 is 14.6 Å². The largest absolute Gasteiger partial charge is 0.379 e. The van der Waals surface area contributed by atoms with Crippen LogP contribution in [-0.2, 0) is 4.74 Å². The molecule has 1 N–H and O–H groups in total. The predicted octanol–water partition coefficient (Wildman–Crippen LogP) is 1.58. The van der Waals surface area contributed by atoms with Crippen LogP contribution in [0.5, 0.6) is 0 Å². The van der Waals surface area contributed by atoms with Crippen molar-refractivity contribution in [3.05, 3.63) is 36.3 Å². The molecule has 0 saturated carbocycles. The Morgan fingerprint density at radius 1 is 1.29 bits per heavy atom. The summed E-state index contributed by atoms with van der Waals surface area (Å²) in [6.07, 6.45) is 5.36. The first-order valence-electron chi connectivity index (χ1n) is 8.28. The van der Waals surface area contributed by atoms with Crippen molar-refractivity contribution in [2.24, 2.45) is 0 Å². The van der Waals surface area contributed by atoms with E-state index in [9.17, 15) is 4.79 Å². The third-order valence-electron chi connectivity index (χ3n) is 3.98. The van der Waals surface area contributed by atoms with E-state index in [4.69, 9.17) is 9.26 Å². The maximum Gasteiger partial charge on any atom is 0.273 e. The third-order valence-corrected chi connectivity index (χ3v) is 3.98. The highest BCUT2D eigenvalue weighted by Crippen LogP contribution is 2.18. The van der Waals surface area contributed by atoms with E-state index in [2.05, 4.69) is 20.4 Å². The monoisotopic (exact) mass is 330 g/mol. The Kier molecular flexibility index (Phi) is 5.92. The van der Waals surface area contributed by atoms with E-state index >= 15 is 0 Å². The highest BCUT2D eigenvalue weighted by atomic mass is 16.5. The number of carbonyl (C=O) groups excluding carboxylic acids is 1. The van der Waals surface area contributed by atoms with E-state index < -0.39 is 0 Å². The van der Waals surface area contributed by atoms with E-state index in [0.29, 0.717) is 18.0 Å². The lowest BCUT2D eigenvalue weighted by atomic mass is 10.2. The first-order chi connectivity index (χ1) is 11.8. The number of unbranched alkanes of at least 4 members (excludes halogenated alkanes) is 1. The SMILES string of the molecule is O=C(NCCCCN1CCOCC1)c1cc(-c2cccnc2)on1. The fourth-order valence-corrected chi connectivity index (χ4v) is 2.60. The molecule has 7 heteroatoms. The molecule has 128 valence electrons. The zero-order valence-corrected chi connectivity index (χ0v) is 13.6. The number of hydrogen-bond donors (Lipinski definition) is 1. The third kappa shape index (κ3) is 4.62. The van der Waals surface area contributed by atoms with E-state index in [1.165, 1.54) is 0 Å². The van der Waals surface area contributed by atoms with Crippen LogP contribution in [0.4, 0.5) is 0 Å². The molecule has 1 saturated heterocycles. The van der Waals surface area contributed by atoms with Gasteiger partial charge in [0.2, 0.25) is 0 Å². The standard InChI is InChI=1S/C17H22N4O3/c22-17(19-6-1-2-7-21-8-10-23-11-9-21)15-12-16(24-20-15)14-4-3-5-18-13-14/h3-5,12-13H,1-2,6-11H2,(H,19,22). The number of rotatable bonds is 7. The van der Waals surface area contributed by atoms with Crippen molar-refractivity contribution in [1.29, 1.82) is 0 Å². The van der Waals surface area contributed by atoms with Gasteiger partial charge >= 0.3 is 0 Å². The minimum absolute atomic E-state index is 0.208. The van der Waals surface area contributed by atoms with Gasteiger partial charge in [0.05, 0.1) is 13.2 Å². The summed E-state index contributed by atoms with van der Waals surface area (Å²) in [7, 11) is 0. The first kappa shape index (κ1) is 16.6. The van der Waals surface area contributed by atoms with Crippen LogP contribution >= 0.6 is 0 Å². The number of pyridine rings is 1. The van der Waals surface area contributed by atoms with Gasteiger partial charge in [-0.25, -0.2) is 0 Å². The molecule has 3 heterocycles. The number of morpholine rings is 1. The van der Waals surface area contributed by atoms with Crippen LogP contribution in [0.25, 0.3) is 11.3 Å². The lowest BCUT2D eigenvalue weighted by Gasteiger charge is -2.26. The van der Waals surface area contributed by atoms with Gasteiger partial charge in [0.1, 0.15) is 0 Å². The minimum Gasteiger partial charge on any atom is -0.379 e. The number of ether oxygens (including phenoxy) is 1. The van der Waals surface area contributed by atoms with Gasteiger partial charge in [-0.15, -0.1) is 0 Å². The highest BCUT2D eigenvalue weighted by molar-refractivity contribution is 5.93. The molecule has 3 rings (SSSR count). The van der Waals surface area contributed by atoms with E-state index in [0.717, 1.165) is 51.3 Å². The first-order valence-corrected chi connectivity index (χ1v) is 8.28. The second-order valence-corrected chi connectivity index (χ2v) is 5.74. The maximum atomic E-state index is 12.1. The number of nitrogens with one attached hydrogen (secondary N) is 1. The summed E-state index contributed by atoms with van der Waals surface area (Å²) >= 11 is 0. The smallest absolute Gasteiger partial charge is 0.273 e. The summed E-state index contributed by atoms with van der Waals surface area (Å²) < 4.78 is 10.5. The molecule has 1 fully saturated rings. The summed E-state index contributed by atoms with van der Waals surface area (Å²) in [6.45, 7) is 5.34. The molecule has 1 aliphatic heterocycles. The van der Waals surface area contributed by atoms with Crippen molar-refractivity contribution in [3.8, 4) is 11.3 Å². The topological polar surface area (TPSA) is 80.5 Å². The van der Waals surface area contributed by atoms with Gasteiger partial charge in [0, 0.05) is 43.7 Å². The quantitative estimate of drug-likeness (QED) is 0.776. The Labute approximate surface area is 141 Å². The molecule has 1 amide bonds. The van der Waals surface area contributed by atoms with Crippen LogP contribution in [0.2, 0.25) is 0 Å². The van der Waals surface area contributed by atoms with Crippen LogP contribution in [0, 0.1) is 0 Å². The van der Waals surface area contributed by atoms with Crippen LogP contribution in [0.1, 0.15) is 23.3 Å². The molecule has 2 aromatic rings. The predicted molar refractivity (Wildman–Crippen MR) is 88.6 cm³/mol. The molecule has 0 aliphatic carbocycles. The van der Waals surface area contributed by atoms with E-state index in [1.54, 1.807) is 18.5 Å². The average Bonchev–Trinajstić information content (AvgIpc) is 3.13. The minimum atomic E-state index is -0.208. The second-order valence-electron chi connectivity index (χ2n) is 5.74. The summed E-state index contributed by atoms with van der Waals surface area (Å²) in [6, 6.07) is 5.31. The van der Waals surface area contributed by atoms with Crippen molar-refractivity contribution in [2.75, 3.05) is 39.4 Å². The van der Waals surface area contributed by atoms with Gasteiger partial charge in [-0.3, -0.25) is 14.7 Å². The van der Waals surface area contributed by atoms with Gasteiger partial charge in [-0.2, -0.15) is 0 Å². The van der Waals surface area contributed by atoms with Gasteiger partial charge in [-0.05, 0) is 31.5 Å². The Balaban J connectivity index is 1.38. The van der Waals surface area contributed by atoms with E-state index in [-0.39, 0.29) is 5.91 Å². The molecule has 2 aromatic heterocycles. The Bertz CT molecular complexity index is 638. The van der Waals surface area contributed by atoms with Crippen LogP contribution in [-0.4, -0.2) is 60.3 Å². The molecule has 0 bridgehead atoms. The van der Waals surface area contributed by atoms with Gasteiger partial charge in [0.15, 0.2) is 11.5 Å². The molecule has 0 radical (unpaired) electrons. The fourth-order valence-electron chi connectivity index (χ4n) is 2.60. The molecule has 1 aliphatic rings. The van der Waals surface area contributed by atoms with E-state index in [1.807, 2.05) is 12.1 Å². The Morgan fingerprint density at radius 2 is 2.17 bits per heavy atom. The number of aromatic nitrogens is 2. The van der Waals surface area contributed by atoms with Crippen molar-refractivity contribution in [1.82, 2.24) is 20.4 Å². The average molecular weight is 330 g/mol. The van der Waals surface area contributed by atoms with Gasteiger partial charge in [0.25, 0.3) is 5.91 Å². The summed E-state index contributed by atoms with van der Waals surface area (Å²) in [5.74, 6) is 0.334. The summed E-state index contributed by atoms with van der Waals surface area (Å²) in [5.41, 5.74) is 1.09. The second kappa shape index (κ2) is 8.56. The van der Waals surface area contributed by atoms with Crippen molar-refractivity contribution >= 4 is 5.91 Å². The summed E-state index contributed by atoms with van der Waals surface area (Å²) in [5, 5.41) is 6.71. The zero-order valence-electron chi connectivity index (χ0n) is 13.6. The lowest BCUT2D eigenvalue weighted by molar-refractivity contribution is 0.0372. The number of hydrogen-bond acceptors (Lipinski definition) is 6. The lowest BCUT2D eigenvalue weighted by Crippen LogP contribution is -2.37. The van der Waals surface area contributed by atoms with Crippen LogP contribution in [0.3, 0.4) is 0 Å². The molecule has 7 nitrogen and oxygen atoms in total. The van der Waals surface area contributed by atoms with Crippen molar-refractivity contribution < 1.29 is 14.1 Å². The molecule has 0 atom stereocenters.